The van der Waals surface area contributed by atoms with Crippen molar-refractivity contribution in [2.45, 2.75) is 6.54 Å². The summed E-state index contributed by atoms with van der Waals surface area (Å²) in [5.41, 5.74) is 5.97. The van der Waals surface area contributed by atoms with Crippen LogP contribution in [-0.2, 0) is 6.54 Å². The van der Waals surface area contributed by atoms with Gasteiger partial charge in [0.25, 0.3) is 5.91 Å². The molecule has 3 N–H and O–H groups in total. The van der Waals surface area contributed by atoms with Gasteiger partial charge in [-0.3, -0.25) is 9.48 Å². The van der Waals surface area contributed by atoms with Crippen molar-refractivity contribution >= 4 is 23.2 Å². The molecule has 100 valence electrons. The van der Waals surface area contributed by atoms with Gasteiger partial charge in [0.1, 0.15) is 0 Å². The minimum absolute atomic E-state index is 0.0764. The van der Waals surface area contributed by atoms with Gasteiger partial charge < -0.3 is 11.1 Å². The highest BCUT2D eigenvalue weighted by Gasteiger charge is 2.13. The van der Waals surface area contributed by atoms with Crippen LogP contribution in [0.25, 0.3) is 0 Å². The molecule has 19 heavy (non-hydrogen) atoms. The van der Waals surface area contributed by atoms with Crippen molar-refractivity contribution < 1.29 is 9.18 Å². The SMILES string of the molecule is Nc1cnn(CCNC(=O)c2cccc(Cl)c2F)c1. The van der Waals surface area contributed by atoms with Crippen molar-refractivity contribution in [1.82, 2.24) is 15.1 Å². The zero-order valence-electron chi connectivity index (χ0n) is 9.94. The van der Waals surface area contributed by atoms with Crippen LogP contribution in [0.15, 0.2) is 30.6 Å². The molecule has 0 aliphatic carbocycles. The topological polar surface area (TPSA) is 72.9 Å². The number of anilines is 1. The lowest BCUT2D eigenvalue weighted by Crippen LogP contribution is -2.28. The van der Waals surface area contributed by atoms with E-state index in [2.05, 4.69) is 10.4 Å². The summed E-state index contributed by atoms with van der Waals surface area (Å²) in [6, 6.07) is 4.29. The second-order valence-electron chi connectivity index (χ2n) is 3.89. The Labute approximate surface area is 114 Å². The van der Waals surface area contributed by atoms with E-state index in [1.807, 2.05) is 0 Å². The number of rotatable bonds is 4. The predicted molar refractivity (Wildman–Crippen MR) is 70.4 cm³/mol. The zero-order chi connectivity index (χ0) is 13.8. The van der Waals surface area contributed by atoms with Crippen molar-refractivity contribution in [3.8, 4) is 0 Å². The van der Waals surface area contributed by atoms with E-state index in [0.29, 0.717) is 18.8 Å². The highest BCUT2D eigenvalue weighted by molar-refractivity contribution is 6.31. The first-order chi connectivity index (χ1) is 9.08. The van der Waals surface area contributed by atoms with Crippen LogP contribution in [0.1, 0.15) is 10.4 Å². The van der Waals surface area contributed by atoms with Gasteiger partial charge in [-0.1, -0.05) is 17.7 Å². The van der Waals surface area contributed by atoms with E-state index >= 15 is 0 Å². The first kappa shape index (κ1) is 13.4. The van der Waals surface area contributed by atoms with Crippen molar-refractivity contribution in [1.29, 1.82) is 0 Å². The number of hydrogen-bond donors (Lipinski definition) is 2. The van der Waals surface area contributed by atoms with Gasteiger partial charge in [0.05, 0.1) is 29.0 Å². The zero-order valence-corrected chi connectivity index (χ0v) is 10.7. The van der Waals surface area contributed by atoms with Gasteiger partial charge in [0, 0.05) is 12.7 Å². The summed E-state index contributed by atoms with van der Waals surface area (Å²) in [6.07, 6.45) is 3.16. The molecule has 0 atom stereocenters. The third-order valence-corrected chi connectivity index (χ3v) is 2.77. The second kappa shape index (κ2) is 5.71. The van der Waals surface area contributed by atoms with Crippen LogP contribution < -0.4 is 11.1 Å². The molecule has 0 aliphatic heterocycles. The van der Waals surface area contributed by atoms with Crippen LogP contribution >= 0.6 is 11.6 Å². The Hall–Kier alpha value is -2.08. The Morgan fingerprint density at radius 3 is 3.00 bits per heavy atom. The summed E-state index contributed by atoms with van der Waals surface area (Å²) < 4.78 is 15.2. The van der Waals surface area contributed by atoms with Crippen LogP contribution in [0, 0.1) is 5.82 Å². The molecule has 1 amide bonds. The highest BCUT2D eigenvalue weighted by Crippen LogP contribution is 2.17. The first-order valence-corrected chi connectivity index (χ1v) is 5.96. The third kappa shape index (κ3) is 3.23. The molecule has 0 bridgehead atoms. The van der Waals surface area contributed by atoms with E-state index in [1.165, 1.54) is 24.4 Å². The number of carbonyl (C=O) groups is 1. The van der Waals surface area contributed by atoms with Gasteiger partial charge in [0.2, 0.25) is 0 Å². The molecule has 2 rings (SSSR count). The number of amides is 1. The van der Waals surface area contributed by atoms with Gasteiger partial charge in [-0.05, 0) is 12.1 Å². The largest absolute Gasteiger partial charge is 0.396 e. The summed E-state index contributed by atoms with van der Waals surface area (Å²) in [6.45, 7) is 0.761. The fourth-order valence-electron chi connectivity index (χ4n) is 1.56. The Morgan fingerprint density at radius 2 is 2.32 bits per heavy atom. The van der Waals surface area contributed by atoms with Crippen LogP contribution in [0.5, 0.6) is 0 Å². The van der Waals surface area contributed by atoms with Gasteiger partial charge in [-0.25, -0.2) is 4.39 Å². The standard InChI is InChI=1S/C12H12ClFN4O/c13-10-3-1-2-9(11(10)14)12(19)16-4-5-18-7-8(15)6-17-18/h1-3,6-7H,4-5,15H2,(H,16,19). The number of nitrogens with zero attached hydrogens (tertiary/aromatic N) is 2. The van der Waals surface area contributed by atoms with E-state index < -0.39 is 11.7 Å². The predicted octanol–water partition coefficient (Wildman–Crippen LogP) is 1.69. The monoisotopic (exact) mass is 282 g/mol. The Balaban J connectivity index is 1.93. The van der Waals surface area contributed by atoms with E-state index in [9.17, 15) is 9.18 Å². The summed E-state index contributed by atoms with van der Waals surface area (Å²) >= 11 is 5.61. The molecular formula is C12H12ClFN4O. The molecule has 7 heteroatoms. The van der Waals surface area contributed by atoms with Crippen molar-refractivity contribution in [3.05, 3.63) is 47.0 Å². The minimum atomic E-state index is -0.718. The fraction of sp³-hybridized carbons (Fsp3) is 0.167. The second-order valence-corrected chi connectivity index (χ2v) is 4.30. The molecular weight excluding hydrogens is 271 g/mol. The lowest BCUT2D eigenvalue weighted by Gasteiger charge is -2.06. The Morgan fingerprint density at radius 1 is 1.53 bits per heavy atom. The number of halogens is 2. The maximum atomic E-state index is 13.6. The smallest absolute Gasteiger partial charge is 0.254 e. The number of benzene rings is 1. The van der Waals surface area contributed by atoms with E-state index in [0.717, 1.165) is 0 Å². The third-order valence-electron chi connectivity index (χ3n) is 2.48. The molecule has 1 aromatic heterocycles. The molecule has 0 spiro atoms. The normalized spacial score (nSPS) is 10.4. The van der Waals surface area contributed by atoms with Crippen molar-refractivity contribution in [2.24, 2.45) is 0 Å². The Kier molecular flexibility index (Phi) is 4.01. The number of hydrogen-bond acceptors (Lipinski definition) is 3. The molecule has 1 heterocycles. The summed E-state index contributed by atoms with van der Waals surface area (Å²) in [5, 5.41) is 6.47. The number of nitrogens with two attached hydrogens (primary N) is 1. The lowest BCUT2D eigenvalue weighted by molar-refractivity contribution is 0.0948. The highest BCUT2D eigenvalue weighted by atomic mass is 35.5. The molecule has 1 aromatic carbocycles. The average molecular weight is 283 g/mol. The summed E-state index contributed by atoms with van der Waals surface area (Å²) in [5.74, 6) is -1.23. The molecule has 0 unspecified atom stereocenters. The fourth-order valence-corrected chi connectivity index (χ4v) is 1.73. The first-order valence-electron chi connectivity index (χ1n) is 5.58. The number of aromatic nitrogens is 2. The van der Waals surface area contributed by atoms with Crippen LogP contribution in [0.4, 0.5) is 10.1 Å². The molecule has 0 radical (unpaired) electrons. The summed E-state index contributed by atoms with van der Waals surface area (Å²) in [4.78, 5) is 11.7. The van der Waals surface area contributed by atoms with Gasteiger partial charge in [0.15, 0.2) is 5.82 Å². The molecule has 0 saturated heterocycles. The number of carbonyl (C=O) groups excluding carboxylic acids is 1. The maximum absolute atomic E-state index is 13.6. The number of nitrogen functional groups attached to an aromatic ring is 1. The lowest BCUT2D eigenvalue weighted by atomic mass is 10.2. The minimum Gasteiger partial charge on any atom is -0.396 e. The molecule has 2 aromatic rings. The van der Waals surface area contributed by atoms with Crippen molar-refractivity contribution in [3.63, 3.8) is 0 Å². The van der Waals surface area contributed by atoms with Crippen LogP contribution in [-0.4, -0.2) is 22.2 Å². The Bertz CT molecular complexity index is 599. The van der Waals surface area contributed by atoms with E-state index in [-0.39, 0.29) is 10.6 Å². The molecule has 0 aliphatic rings. The molecule has 0 fully saturated rings. The van der Waals surface area contributed by atoms with E-state index in [1.54, 1.807) is 10.9 Å². The van der Waals surface area contributed by atoms with Gasteiger partial charge >= 0.3 is 0 Å². The number of nitrogens with one attached hydrogen (secondary N) is 1. The molecule has 0 saturated carbocycles. The van der Waals surface area contributed by atoms with Crippen LogP contribution in [0.3, 0.4) is 0 Å². The molecule has 5 nitrogen and oxygen atoms in total. The quantitative estimate of drug-likeness (QED) is 0.896. The van der Waals surface area contributed by atoms with Crippen LogP contribution in [0.2, 0.25) is 5.02 Å². The van der Waals surface area contributed by atoms with E-state index in [4.69, 9.17) is 17.3 Å². The van der Waals surface area contributed by atoms with Gasteiger partial charge in [-0.15, -0.1) is 0 Å². The summed E-state index contributed by atoms with van der Waals surface area (Å²) in [7, 11) is 0. The van der Waals surface area contributed by atoms with Gasteiger partial charge in [-0.2, -0.15) is 5.10 Å². The van der Waals surface area contributed by atoms with Crippen molar-refractivity contribution in [2.75, 3.05) is 12.3 Å². The maximum Gasteiger partial charge on any atom is 0.254 e. The average Bonchev–Trinajstić information content (AvgIpc) is 2.78.